The van der Waals surface area contributed by atoms with Crippen LogP contribution in [-0.2, 0) is 13.1 Å². The smallest absolute Gasteiger partial charge is 0.0438 e. The van der Waals surface area contributed by atoms with Gasteiger partial charge in [0.2, 0.25) is 0 Å². The van der Waals surface area contributed by atoms with Crippen LogP contribution >= 0.6 is 11.6 Å². The van der Waals surface area contributed by atoms with E-state index in [9.17, 15) is 0 Å². The fourth-order valence-corrected chi connectivity index (χ4v) is 1.98. The molecule has 0 atom stereocenters. The molecule has 0 aliphatic rings. The van der Waals surface area contributed by atoms with Gasteiger partial charge in [-0.3, -0.25) is 0 Å². The van der Waals surface area contributed by atoms with Crippen molar-refractivity contribution in [2.75, 3.05) is 0 Å². The summed E-state index contributed by atoms with van der Waals surface area (Å²) in [6.45, 7) is 3.79. The molecule has 2 heteroatoms. The lowest BCUT2D eigenvalue weighted by Crippen LogP contribution is -2.13. The Labute approximate surface area is 107 Å². The first-order chi connectivity index (χ1) is 8.27. The summed E-state index contributed by atoms with van der Waals surface area (Å²) in [5.41, 5.74) is 3.72. The fraction of sp³-hybridized carbons (Fsp3) is 0.200. The van der Waals surface area contributed by atoms with Crippen LogP contribution in [0.1, 0.15) is 16.7 Å². The Morgan fingerprint density at radius 3 is 2.47 bits per heavy atom. The zero-order valence-corrected chi connectivity index (χ0v) is 10.7. The molecule has 2 aromatic rings. The van der Waals surface area contributed by atoms with Gasteiger partial charge in [-0.05, 0) is 29.7 Å². The normalized spacial score (nSPS) is 10.5. The van der Waals surface area contributed by atoms with Crippen molar-refractivity contribution in [3.05, 3.63) is 70.2 Å². The van der Waals surface area contributed by atoms with Crippen molar-refractivity contribution in [1.29, 1.82) is 0 Å². The monoisotopic (exact) mass is 245 g/mol. The largest absolute Gasteiger partial charge is 0.309 e. The molecule has 0 saturated heterocycles. The predicted octanol–water partition coefficient (Wildman–Crippen LogP) is 3.94. The van der Waals surface area contributed by atoms with Crippen molar-refractivity contribution in [3.63, 3.8) is 0 Å². The van der Waals surface area contributed by atoms with E-state index in [0.29, 0.717) is 0 Å². The van der Waals surface area contributed by atoms with Gasteiger partial charge < -0.3 is 5.32 Å². The molecule has 0 bridgehead atoms. The molecule has 0 spiro atoms. The van der Waals surface area contributed by atoms with Gasteiger partial charge in [-0.2, -0.15) is 0 Å². The van der Waals surface area contributed by atoms with E-state index in [1.807, 2.05) is 18.2 Å². The van der Waals surface area contributed by atoms with Crippen LogP contribution in [0.2, 0.25) is 5.02 Å². The van der Waals surface area contributed by atoms with E-state index < -0.39 is 0 Å². The van der Waals surface area contributed by atoms with Crippen molar-refractivity contribution in [3.8, 4) is 0 Å². The minimum absolute atomic E-state index is 0.837. The van der Waals surface area contributed by atoms with Crippen molar-refractivity contribution in [2.24, 2.45) is 0 Å². The van der Waals surface area contributed by atoms with Crippen LogP contribution in [0.4, 0.5) is 0 Å². The third kappa shape index (κ3) is 3.32. The summed E-state index contributed by atoms with van der Waals surface area (Å²) in [4.78, 5) is 0. The standard InChI is InChI=1S/C15H16ClN/c1-12-14(8-5-9-15(12)16)11-17-10-13-6-3-2-4-7-13/h2-9,17H,10-11H2,1H3. The fourth-order valence-electron chi connectivity index (χ4n) is 1.78. The lowest BCUT2D eigenvalue weighted by molar-refractivity contribution is 0.691. The van der Waals surface area contributed by atoms with E-state index in [1.54, 1.807) is 0 Å². The second kappa shape index (κ2) is 5.85. The Bertz CT molecular complexity index is 480. The second-order valence-electron chi connectivity index (χ2n) is 4.11. The molecular weight excluding hydrogens is 230 g/mol. The van der Waals surface area contributed by atoms with Crippen molar-refractivity contribution >= 4 is 11.6 Å². The molecule has 17 heavy (non-hydrogen) atoms. The zero-order chi connectivity index (χ0) is 12.1. The highest BCUT2D eigenvalue weighted by molar-refractivity contribution is 6.31. The van der Waals surface area contributed by atoms with Gasteiger partial charge in [0.1, 0.15) is 0 Å². The van der Waals surface area contributed by atoms with E-state index in [4.69, 9.17) is 11.6 Å². The second-order valence-corrected chi connectivity index (χ2v) is 4.52. The van der Waals surface area contributed by atoms with Gasteiger partial charge in [0, 0.05) is 18.1 Å². The highest BCUT2D eigenvalue weighted by atomic mass is 35.5. The van der Waals surface area contributed by atoms with Crippen LogP contribution < -0.4 is 5.32 Å². The van der Waals surface area contributed by atoms with E-state index in [-0.39, 0.29) is 0 Å². The molecule has 2 rings (SSSR count). The molecular formula is C15H16ClN. The maximum atomic E-state index is 6.08. The summed E-state index contributed by atoms with van der Waals surface area (Å²) in [6.07, 6.45) is 0. The molecule has 0 heterocycles. The summed E-state index contributed by atoms with van der Waals surface area (Å²) in [7, 11) is 0. The van der Waals surface area contributed by atoms with Crippen LogP contribution in [0.15, 0.2) is 48.5 Å². The number of rotatable bonds is 4. The van der Waals surface area contributed by atoms with Crippen molar-refractivity contribution in [1.82, 2.24) is 5.32 Å². The van der Waals surface area contributed by atoms with Gasteiger partial charge in [0.25, 0.3) is 0 Å². The topological polar surface area (TPSA) is 12.0 Å². The predicted molar refractivity (Wildman–Crippen MR) is 73.2 cm³/mol. The molecule has 0 aromatic heterocycles. The zero-order valence-electron chi connectivity index (χ0n) is 9.91. The minimum atomic E-state index is 0.837. The first-order valence-electron chi connectivity index (χ1n) is 5.76. The summed E-state index contributed by atoms with van der Waals surface area (Å²) < 4.78 is 0. The highest BCUT2D eigenvalue weighted by Gasteiger charge is 2.01. The average molecular weight is 246 g/mol. The van der Waals surface area contributed by atoms with Crippen molar-refractivity contribution < 1.29 is 0 Å². The molecule has 0 radical (unpaired) electrons. The van der Waals surface area contributed by atoms with E-state index in [2.05, 4.69) is 42.6 Å². The van der Waals surface area contributed by atoms with Crippen LogP contribution in [0, 0.1) is 6.92 Å². The molecule has 1 N–H and O–H groups in total. The maximum Gasteiger partial charge on any atom is 0.0438 e. The highest BCUT2D eigenvalue weighted by Crippen LogP contribution is 2.18. The lowest BCUT2D eigenvalue weighted by Gasteiger charge is -2.09. The third-order valence-corrected chi connectivity index (χ3v) is 3.28. The van der Waals surface area contributed by atoms with E-state index in [1.165, 1.54) is 11.1 Å². The molecule has 0 aliphatic carbocycles. The summed E-state index contributed by atoms with van der Waals surface area (Å²) in [5, 5.41) is 4.26. The molecule has 0 aliphatic heterocycles. The molecule has 0 amide bonds. The lowest BCUT2D eigenvalue weighted by atomic mass is 10.1. The molecule has 88 valence electrons. The summed E-state index contributed by atoms with van der Waals surface area (Å²) >= 11 is 6.08. The number of halogens is 1. The number of benzene rings is 2. The van der Waals surface area contributed by atoms with Crippen LogP contribution in [-0.4, -0.2) is 0 Å². The molecule has 1 nitrogen and oxygen atoms in total. The Balaban J connectivity index is 1.93. The Kier molecular flexibility index (Phi) is 4.18. The van der Waals surface area contributed by atoms with Crippen molar-refractivity contribution in [2.45, 2.75) is 20.0 Å². The molecule has 0 fully saturated rings. The van der Waals surface area contributed by atoms with Gasteiger partial charge in [0.05, 0.1) is 0 Å². The third-order valence-electron chi connectivity index (χ3n) is 2.87. The quantitative estimate of drug-likeness (QED) is 0.861. The summed E-state index contributed by atoms with van der Waals surface area (Å²) in [5.74, 6) is 0. The Morgan fingerprint density at radius 2 is 1.71 bits per heavy atom. The van der Waals surface area contributed by atoms with Gasteiger partial charge >= 0.3 is 0 Å². The number of hydrogen-bond acceptors (Lipinski definition) is 1. The molecule has 0 saturated carbocycles. The first kappa shape index (κ1) is 12.2. The molecule has 2 aromatic carbocycles. The average Bonchev–Trinajstić information content (AvgIpc) is 2.36. The van der Waals surface area contributed by atoms with Gasteiger partial charge in [0.15, 0.2) is 0 Å². The molecule has 0 unspecified atom stereocenters. The van der Waals surface area contributed by atoms with Gasteiger partial charge in [-0.1, -0.05) is 54.1 Å². The summed E-state index contributed by atoms with van der Waals surface area (Å²) in [6, 6.07) is 16.4. The van der Waals surface area contributed by atoms with Gasteiger partial charge in [-0.15, -0.1) is 0 Å². The van der Waals surface area contributed by atoms with Crippen LogP contribution in [0.5, 0.6) is 0 Å². The minimum Gasteiger partial charge on any atom is -0.309 e. The number of nitrogens with one attached hydrogen (secondary N) is 1. The first-order valence-corrected chi connectivity index (χ1v) is 6.14. The maximum absolute atomic E-state index is 6.08. The Morgan fingerprint density at radius 1 is 0.941 bits per heavy atom. The van der Waals surface area contributed by atoms with E-state index >= 15 is 0 Å². The SMILES string of the molecule is Cc1c(Cl)cccc1CNCc1ccccc1. The van der Waals surface area contributed by atoms with Crippen LogP contribution in [0.3, 0.4) is 0 Å². The van der Waals surface area contributed by atoms with Gasteiger partial charge in [-0.25, -0.2) is 0 Å². The Hall–Kier alpha value is -1.31. The van der Waals surface area contributed by atoms with E-state index in [0.717, 1.165) is 23.7 Å². The van der Waals surface area contributed by atoms with Crippen LogP contribution in [0.25, 0.3) is 0 Å². The number of hydrogen-bond donors (Lipinski definition) is 1.